The molecule has 3 aromatic rings. The first-order chi connectivity index (χ1) is 13.7. The summed E-state index contributed by atoms with van der Waals surface area (Å²) in [5.74, 6) is -0.267. The first-order valence-electron chi connectivity index (χ1n) is 9.21. The molecule has 1 aliphatic rings. The lowest BCUT2D eigenvalue weighted by Crippen LogP contribution is -2.31. The smallest absolute Gasteiger partial charge is 0.170 e. The van der Waals surface area contributed by atoms with Crippen LogP contribution in [-0.2, 0) is 0 Å². The largest absolute Gasteiger partial charge is 0.396 e. The van der Waals surface area contributed by atoms with Gasteiger partial charge in [0.2, 0.25) is 0 Å². The molecule has 0 radical (unpaired) electrons. The molecule has 3 heterocycles. The van der Waals surface area contributed by atoms with Crippen LogP contribution in [-0.4, -0.2) is 37.8 Å². The van der Waals surface area contributed by atoms with E-state index in [1.807, 2.05) is 41.1 Å². The molecule has 28 heavy (non-hydrogen) atoms. The lowest BCUT2D eigenvalue weighted by atomic mass is 10.0. The third kappa shape index (κ3) is 3.50. The number of aromatic nitrogens is 2. The average Bonchev–Trinajstić information content (AvgIpc) is 3.32. The van der Waals surface area contributed by atoms with Crippen molar-refractivity contribution in [1.29, 1.82) is 0 Å². The van der Waals surface area contributed by atoms with Gasteiger partial charge in [-0.05, 0) is 67.2 Å². The zero-order valence-corrected chi connectivity index (χ0v) is 16.0. The fraction of sp³-hybridized carbons (Fsp3) is 0.238. The maximum absolute atomic E-state index is 13.4. The number of rotatable bonds is 6. The maximum atomic E-state index is 13.4. The van der Waals surface area contributed by atoms with Crippen molar-refractivity contribution in [2.75, 3.05) is 13.2 Å². The minimum absolute atomic E-state index is 0.0963. The SMILES string of the molecule is OCCCN1C(=S)NC(c2ccccn2)C1c1cccn1-c1ccc(F)cc1. The van der Waals surface area contributed by atoms with Gasteiger partial charge < -0.3 is 19.9 Å². The molecule has 0 aliphatic carbocycles. The summed E-state index contributed by atoms with van der Waals surface area (Å²) in [6, 6.07) is 16.0. The number of aliphatic hydroxyl groups excluding tert-OH is 1. The van der Waals surface area contributed by atoms with Crippen LogP contribution in [0, 0.1) is 5.82 Å². The third-order valence-corrected chi connectivity index (χ3v) is 5.30. The number of hydrogen-bond donors (Lipinski definition) is 2. The average molecular weight is 396 g/mol. The predicted octanol–water partition coefficient (Wildman–Crippen LogP) is 3.37. The van der Waals surface area contributed by atoms with Gasteiger partial charge in [0.25, 0.3) is 0 Å². The Hall–Kier alpha value is -2.77. The summed E-state index contributed by atoms with van der Waals surface area (Å²) in [7, 11) is 0. The highest BCUT2D eigenvalue weighted by molar-refractivity contribution is 7.80. The van der Waals surface area contributed by atoms with Crippen LogP contribution in [0.2, 0.25) is 0 Å². The van der Waals surface area contributed by atoms with Crippen LogP contribution in [0.15, 0.2) is 67.0 Å². The van der Waals surface area contributed by atoms with E-state index in [4.69, 9.17) is 12.2 Å². The summed E-state index contributed by atoms with van der Waals surface area (Å²) >= 11 is 5.61. The molecule has 2 N–H and O–H groups in total. The van der Waals surface area contributed by atoms with Gasteiger partial charge in [-0.15, -0.1) is 0 Å². The second-order valence-electron chi connectivity index (χ2n) is 6.68. The highest BCUT2D eigenvalue weighted by atomic mass is 32.1. The van der Waals surface area contributed by atoms with Gasteiger partial charge in [0.15, 0.2) is 5.11 Å². The molecular formula is C21H21FN4OS. The molecule has 2 atom stereocenters. The summed E-state index contributed by atoms with van der Waals surface area (Å²) < 4.78 is 15.4. The Kier molecular flexibility index (Phi) is 5.36. The number of nitrogens with zero attached hydrogens (tertiary/aromatic N) is 3. The van der Waals surface area contributed by atoms with Crippen LogP contribution in [0.5, 0.6) is 0 Å². The van der Waals surface area contributed by atoms with Crippen molar-refractivity contribution in [3.63, 3.8) is 0 Å². The molecule has 5 nitrogen and oxygen atoms in total. The minimum Gasteiger partial charge on any atom is -0.396 e. The van der Waals surface area contributed by atoms with E-state index in [0.29, 0.717) is 18.1 Å². The fourth-order valence-corrected chi connectivity index (χ4v) is 4.01. The molecule has 4 rings (SSSR count). The van der Waals surface area contributed by atoms with Crippen LogP contribution in [0.3, 0.4) is 0 Å². The van der Waals surface area contributed by atoms with Gasteiger partial charge >= 0.3 is 0 Å². The molecule has 0 bridgehead atoms. The standard InChI is InChI=1S/C21H21FN4OS/c22-15-7-9-16(10-8-15)25-12-3-6-18(25)20-19(17-5-1-2-11-23-17)24-21(28)26(20)13-4-14-27/h1-3,5-12,19-20,27H,4,13-14H2,(H,24,28). The topological polar surface area (TPSA) is 53.3 Å². The van der Waals surface area contributed by atoms with Crippen molar-refractivity contribution in [1.82, 2.24) is 19.8 Å². The number of halogens is 1. The Morgan fingerprint density at radius 1 is 1.11 bits per heavy atom. The molecule has 2 unspecified atom stereocenters. The molecule has 1 aromatic carbocycles. The third-order valence-electron chi connectivity index (χ3n) is 4.94. The lowest BCUT2D eigenvalue weighted by Gasteiger charge is -2.28. The monoisotopic (exact) mass is 396 g/mol. The van der Waals surface area contributed by atoms with Crippen LogP contribution < -0.4 is 5.32 Å². The lowest BCUT2D eigenvalue weighted by molar-refractivity contribution is 0.245. The van der Waals surface area contributed by atoms with Crippen molar-refractivity contribution in [2.45, 2.75) is 18.5 Å². The van der Waals surface area contributed by atoms with Crippen molar-refractivity contribution < 1.29 is 9.50 Å². The van der Waals surface area contributed by atoms with Crippen molar-refractivity contribution in [3.05, 3.63) is 84.2 Å². The predicted molar refractivity (Wildman–Crippen MR) is 110 cm³/mol. The summed E-state index contributed by atoms with van der Waals surface area (Å²) in [6.45, 7) is 0.726. The zero-order valence-electron chi connectivity index (χ0n) is 15.2. The number of pyridine rings is 1. The first-order valence-corrected chi connectivity index (χ1v) is 9.62. The van der Waals surface area contributed by atoms with E-state index in [9.17, 15) is 9.50 Å². The van der Waals surface area contributed by atoms with Crippen molar-refractivity contribution >= 4 is 17.3 Å². The van der Waals surface area contributed by atoms with Crippen LogP contribution >= 0.6 is 12.2 Å². The van der Waals surface area contributed by atoms with Gasteiger partial charge in [-0.2, -0.15) is 0 Å². The zero-order chi connectivity index (χ0) is 19.5. The molecule has 0 spiro atoms. The summed E-state index contributed by atoms with van der Waals surface area (Å²) in [4.78, 5) is 6.62. The van der Waals surface area contributed by atoms with Gasteiger partial charge in [-0.25, -0.2) is 4.39 Å². The Labute approximate surface area is 168 Å². The fourth-order valence-electron chi connectivity index (χ4n) is 3.68. The van der Waals surface area contributed by atoms with Crippen LogP contribution in [0.4, 0.5) is 4.39 Å². The van der Waals surface area contributed by atoms with Crippen molar-refractivity contribution in [2.24, 2.45) is 0 Å². The molecule has 1 aliphatic heterocycles. The van der Waals surface area contributed by atoms with E-state index in [0.717, 1.165) is 17.1 Å². The van der Waals surface area contributed by atoms with Gasteiger partial charge in [0.1, 0.15) is 5.82 Å². The van der Waals surface area contributed by atoms with E-state index in [2.05, 4.69) is 15.2 Å². The Balaban J connectivity index is 1.78. The van der Waals surface area contributed by atoms with E-state index in [1.54, 1.807) is 18.3 Å². The molecule has 0 saturated carbocycles. The Morgan fingerprint density at radius 2 is 1.93 bits per heavy atom. The normalized spacial score (nSPS) is 19.1. The number of benzene rings is 1. The van der Waals surface area contributed by atoms with E-state index in [-0.39, 0.29) is 24.5 Å². The molecule has 7 heteroatoms. The van der Waals surface area contributed by atoms with Crippen LogP contribution in [0.25, 0.3) is 5.69 Å². The number of nitrogens with one attached hydrogen (secondary N) is 1. The highest BCUT2D eigenvalue weighted by Gasteiger charge is 2.40. The summed E-state index contributed by atoms with van der Waals surface area (Å²) in [5.41, 5.74) is 2.79. The van der Waals surface area contributed by atoms with Gasteiger partial charge in [-0.1, -0.05) is 6.07 Å². The van der Waals surface area contributed by atoms with E-state index >= 15 is 0 Å². The second kappa shape index (κ2) is 8.08. The molecule has 144 valence electrons. The first kappa shape index (κ1) is 18.6. The number of thiocarbonyl (C=S) groups is 1. The quantitative estimate of drug-likeness (QED) is 0.626. The van der Waals surface area contributed by atoms with E-state index < -0.39 is 0 Å². The van der Waals surface area contributed by atoms with Gasteiger partial charge in [0, 0.05) is 36.9 Å². The van der Waals surface area contributed by atoms with Gasteiger partial charge in [-0.3, -0.25) is 4.98 Å². The highest BCUT2D eigenvalue weighted by Crippen LogP contribution is 2.39. The number of hydrogen-bond acceptors (Lipinski definition) is 3. The minimum atomic E-state index is -0.267. The van der Waals surface area contributed by atoms with E-state index in [1.165, 1.54) is 12.1 Å². The molecular weight excluding hydrogens is 375 g/mol. The Bertz CT molecular complexity index is 945. The molecule has 1 saturated heterocycles. The van der Waals surface area contributed by atoms with Crippen LogP contribution in [0.1, 0.15) is 29.9 Å². The second-order valence-corrected chi connectivity index (χ2v) is 7.06. The Morgan fingerprint density at radius 3 is 2.64 bits per heavy atom. The van der Waals surface area contributed by atoms with Gasteiger partial charge in [0.05, 0.1) is 17.8 Å². The summed E-state index contributed by atoms with van der Waals surface area (Å²) in [6.07, 6.45) is 4.35. The molecule has 0 amide bonds. The molecule has 2 aromatic heterocycles. The van der Waals surface area contributed by atoms with Crippen molar-refractivity contribution in [3.8, 4) is 5.69 Å². The number of aliphatic hydroxyl groups is 1. The molecule has 1 fully saturated rings. The summed E-state index contributed by atoms with van der Waals surface area (Å²) in [5, 5.41) is 13.4. The maximum Gasteiger partial charge on any atom is 0.170 e.